The number of halogens is 1. The van der Waals surface area contributed by atoms with Crippen LogP contribution in [0, 0.1) is 0 Å². The van der Waals surface area contributed by atoms with Crippen LogP contribution >= 0.6 is 11.6 Å². The number of hydrogen-bond acceptors (Lipinski definition) is 3. The second-order valence-corrected chi connectivity index (χ2v) is 6.08. The average molecular weight is 343 g/mol. The molecule has 0 aliphatic heterocycles. The largest absolute Gasteiger partial charge is 0.352 e. The summed E-state index contributed by atoms with van der Waals surface area (Å²) in [5.41, 5.74) is 2.10. The molecule has 1 N–H and O–H groups in total. The van der Waals surface area contributed by atoms with Crippen LogP contribution < -0.4 is 5.32 Å². The minimum absolute atomic E-state index is 0.0825. The highest BCUT2D eigenvalue weighted by Gasteiger charge is 2.11. The SMILES string of the molecule is CCCCCNC(=O)c1ccn2c(-c3cccc(Cl)c3)nnc2c1. The molecule has 2 aromatic heterocycles. The maximum Gasteiger partial charge on any atom is 0.251 e. The molecule has 0 aliphatic rings. The molecule has 24 heavy (non-hydrogen) atoms. The summed E-state index contributed by atoms with van der Waals surface area (Å²) in [6.45, 7) is 2.83. The molecule has 3 aromatic rings. The van der Waals surface area contributed by atoms with Crippen molar-refractivity contribution in [1.29, 1.82) is 0 Å². The predicted molar refractivity (Wildman–Crippen MR) is 95.3 cm³/mol. The molecule has 1 aromatic carbocycles. The van der Waals surface area contributed by atoms with E-state index in [9.17, 15) is 4.79 Å². The Morgan fingerprint density at radius 2 is 2.08 bits per heavy atom. The van der Waals surface area contributed by atoms with E-state index in [1.807, 2.05) is 34.9 Å². The van der Waals surface area contributed by atoms with E-state index < -0.39 is 0 Å². The Hall–Kier alpha value is -2.40. The van der Waals surface area contributed by atoms with E-state index in [-0.39, 0.29) is 5.91 Å². The van der Waals surface area contributed by atoms with Crippen molar-refractivity contribution in [3.8, 4) is 11.4 Å². The van der Waals surface area contributed by atoms with Gasteiger partial charge in [-0.15, -0.1) is 10.2 Å². The molecule has 0 fully saturated rings. The van der Waals surface area contributed by atoms with Crippen molar-refractivity contribution < 1.29 is 4.79 Å². The summed E-state index contributed by atoms with van der Waals surface area (Å²) in [5, 5.41) is 12.0. The van der Waals surface area contributed by atoms with Crippen molar-refractivity contribution in [2.45, 2.75) is 26.2 Å². The lowest BCUT2D eigenvalue weighted by Crippen LogP contribution is -2.24. The standard InChI is InChI=1S/C18H19ClN4O/c1-2-3-4-9-20-18(24)14-8-10-23-16(12-14)21-22-17(23)13-6-5-7-15(19)11-13/h5-8,10-12H,2-4,9H2,1H3,(H,20,24). The summed E-state index contributed by atoms with van der Waals surface area (Å²) in [6.07, 6.45) is 5.06. The first-order valence-corrected chi connectivity index (χ1v) is 8.46. The number of fused-ring (bicyclic) bond motifs is 1. The number of rotatable bonds is 6. The summed E-state index contributed by atoms with van der Waals surface area (Å²) in [4.78, 5) is 12.2. The second-order valence-electron chi connectivity index (χ2n) is 5.64. The number of unbranched alkanes of at least 4 members (excludes halogenated alkanes) is 2. The van der Waals surface area contributed by atoms with E-state index in [4.69, 9.17) is 11.6 Å². The van der Waals surface area contributed by atoms with Gasteiger partial charge >= 0.3 is 0 Å². The number of aromatic nitrogens is 3. The van der Waals surface area contributed by atoms with Gasteiger partial charge in [-0.2, -0.15) is 0 Å². The minimum Gasteiger partial charge on any atom is -0.352 e. The molecule has 0 aliphatic carbocycles. The fourth-order valence-corrected chi connectivity index (χ4v) is 2.73. The van der Waals surface area contributed by atoms with Crippen molar-refractivity contribution in [2.75, 3.05) is 6.54 Å². The first-order valence-electron chi connectivity index (χ1n) is 8.08. The highest BCUT2D eigenvalue weighted by atomic mass is 35.5. The molecule has 5 nitrogen and oxygen atoms in total. The van der Waals surface area contributed by atoms with Gasteiger partial charge in [0.1, 0.15) is 0 Å². The van der Waals surface area contributed by atoms with Gasteiger partial charge in [0.15, 0.2) is 11.5 Å². The number of nitrogens with zero attached hydrogens (tertiary/aromatic N) is 3. The number of carbonyl (C=O) groups is 1. The van der Waals surface area contributed by atoms with E-state index in [1.165, 1.54) is 0 Å². The summed E-state index contributed by atoms with van der Waals surface area (Å²) in [7, 11) is 0. The Balaban J connectivity index is 1.82. The summed E-state index contributed by atoms with van der Waals surface area (Å²) in [5.74, 6) is 0.614. The molecule has 0 bridgehead atoms. The number of benzene rings is 1. The van der Waals surface area contributed by atoms with Crippen LogP contribution in [0.1, 0.15) is 36.5 Å². The lowest BCUT2D eigenvalue weighted by Gasteiger charge is -2.05. The fraction of sp³-hybridized carbons (Fsp3) is 0.278. The zero-order chi connectivity index (χ0) is 16.9. The molecule has 0 radical (unpaired) electrons. The van der Waals surface area contributed by atoms with Crippen molar-refractivity contribution >= 4 is 23.2 Å². The van der Waals surface area contributed by atoms with Gasteiger partial charge < -0.3 is 5.32 Å². The molecular formula is C18H19ClN4O. The molecule has 1 amide bonds. The third-order valence-corrected chi connectivity index (χ3v) is 4.06. The Kier molecular flexibility index (Phi) is 5.11. The average Bonchev–Trinajstić information content (AvgIpc) is 3.01. The van der Waals surface area contributed by atoms with Gasteiger partial charge in [-0.1, -0.05) is 43.5 Å². The van der Waals surface area contributed by atoms with Gasteiger partial charge in [-0.3, -0.25) is 9.20 Å². The Bertz CT molecular complexity index is 859. The smallest absolute Gasteiger partial charge is 0.251 e. The van der Waals surface area contributed by atoms with Gasteiger partial charge in [0.25, 0.3) is 5.91 Å². The fourth-order valence-electron chi connectivity index (χ4n) is 2.54. The molecule has 0 unspecified atom stereocenters. The van der Waals surface area contributed by atoms with Crippen LogP contribution in [-0.4, -0.2) is 27.0 Å². The number of pyridine rings is 1. The molecule has 0 saturated carbocycles. The molecule has 124 valence electrons. The maximum absolute atomic E-state index is 12.2. The lowest BCUT2D eigenvalue weighted by molar-refractivity contribution is 0.0953. The Morgan fingerprint density at radius 1 is 1.21 bits per heavy atom. The zero-order valence-electron chi connectivity index (χ0n) is 13.5. The first-order chi connectivity index (χ1) is 11.7. The summed E-state index contributed by atoms with van der Waals surface area (Å²) < 4.78 is 1.85. The highest BCUT2D eigenvalue weighted by Crippen LogP contribution is 2.22. The van der Waals surface area contributed by atoms with Crippen LogP contribution in [0.3, 0.4) is 0 Å². The van der Waals surface area contributed by atoms with Crippen LogP contribution in [-0.2, 0) is 0 Å². The van der Waals surface area contributed by atoms with Gasteiger partial charge in [0.05, 0.1) is 0 Å². The van der Waals surface area contributed by atoms with Crippen LogP contribution in [0.5, 0.6) is 0 Å². The van der Waals surface area contributed by atoms with Crippen LogP contribution in [0.2, 0.25) is 5.02 Å². The first kappa shape index (κ1) is 16.5. The molecule has 0 saturated heterocycles. The van der Waals surface area contributed by atoms with E-state index in [1.54, 1.807) is 12.1 Å². The van der Waals surface area contributed by atoms with Gasteiger partial charge in [-0.25, -0.2) is 0 Å². The van der Waals surface area contributed by atoms with Gasteiger partial charge in [-0.05, 0) is 30.7 Å². The number of hydrogen-bond donors (Lipinski definition) is 1. The molecule has 6 heteroatoms. The summed E-state index contributed by atoms with van der Waals surface area (Å²) >= 11 is 6.04. The predicted octanol–water partition coefficient (Wildman–Crippen LogP) is 3.97. The van der Waals surface area contributed by atoms with Gasteiger partial charge in [0.2, 0.25) is 0 Å². The Labute approximate surface area is 145 Å². The lowest BCUT2D eigenvalue weighted by atomic mass is 10.2. The highest BCUT2D eigenvalue weighted by molar-refractivity contribution is 6.30. The third-order valence-electron chi connectivity index (χ3n) is 3.82. The minimum atomic E-state index is -0.0825. The third kappa shape index (κ3) is 3.57. The molecule has 3 rings (SSSR count). The van der Waals surface area contributed by atoms with E-state index in [0.717, 1.165) is 24.8 Å². The van der Waals surface area contributed by atoms with Crippen LogP contribution in [0.25, 0.3) is 17.0 Å². The molecule has 0 atom stereocenters. The molecule has 0 spiro atoms. The van der Waals surface area contributed by atoms with E-state index in [2.05, 4.69) is 22.4 Å². The summed E-state index contributed by atoms with van der Waals surface area (Å²) in [6, 6.07) is 11.0. The second kappa shape index (κ2) is 7.45. The van der Waals surface area contributed by atoms with Crippen molar-refractivity contribution in [2.24, 2.45) is 0 Å². The monoisotopic (exact) mass is 342 g/mol. The van der Waals surface area contributed by atoms with Crippen LogP contribution in [0.4, 0.5) is 0 Å². The maximum atomic E-state index is 12.2. The number of carbonyl (C=O) groups excluding carboxylic acids is 1. The number of nitrogens with one attached hydrogen (secondary N) is 1. The van der Waals surface area contributed by atoms with Crippen molar-refractivity contribution in [3.63, 3.8) is 0 Å². The van der Waals surface area contributed by atoms with Gasteiger partial charge in [0, 0.05) is 28.9 Å². The number of amides is 1. The molecular weight excluding hydrogens is 324 g/mol. The Morgan fingerprint density at radius 3 is 2.88 bits per heavy atom. The van der Waals surface area contributed by atoms with Crippen molar-refractivity contribution in [3.05, 3.63) is 53.2 Å². The quantitative estimate of drug-likeness (QED) is 0.689. The van der Waals surface area contributed by atoms with Crippen molar-refractivity contribution in [1.82, 2.24) is 19.9 Å². The topological polar surface area (TPSA) is 59.3 Å². The van der Waals surface area contributed by atoms with E-state index in [0.29, 0.717) is 28.6 Å². The van der Waals surface area contributed by atoms with E-state index >= 15 is 0 Å². The van der Waals surface area contributed by atoms with Crippen LogP contribution in [0.15, 0.2) is 42.6 Å². The normalized spacial score (nSPS) is 10.9. The molecule has 2 heterocycles. The zero-order valence-corrected chi connectivity index (χ0v) is 14.3.